The lowest BCUT2D eigenvalue weighted by molar-refractivity contribution is 0.102. The molecule has 0 aliphatic heterocycles. The van der Waals surface area contributed by atoms with Crippen LogP contribution in [0, 0.1) is 0 Å². The number of rotatable bonds is 30. The first-order valence-electron chi connectivity index (χ1n) is 20.4. The first kappa shape index (κ1) is 46.8. The average molecular weight is 769 g/mol. The van der Waals surface area contributed by atoms with Crippen LogP contribution in [-0.2, 0) is 5.41 Å². The Morgan fingerprint density at radius 1 is 0.400 bits per heavy atom. The minimum atomic E-state index is -1.15. The fourth-order valence-electron chi connectivity index (χ4n) is 5.97. The maximum atomic E-state index is 13.9. The molecule has 0 spiro atoms. The molecule has 10 nitrogen and oxygen atoms in total. The normalized spacial score (nSPS) is 11.1. The summed E-state index contributed by atoms with van der Waals surface area (Å²) >= 11 is 0. The molecule has 308 valence electrons. The van der Waals surface area contributed by atoms with E-state index in [1.807, 2.05) is 69.2 Å². The number of ether oxygens (including phenoxy) is 8. The Bertz CT molecular complexity index is 1360. The van der Waals surface area contributed by atoms with Crippen LogP contribution in [0.25, 0.3) is 0 Å². The van der Waals surface area contributed by atoms with E-state index in [1.165, 1.54) is 12.2 Å². The van der Waals surface area contributed by atoms with Crippen LogP contribution in [0.2, 0.25) is 0 Å². The number of carbonyl (C=O) groups excluding carboxylic acids is 2. The van der Waals surface area contributed by atoms with Crippen LogP contribution in [-0.4, -0.2) is 64.4 Å². The van der Waals surface area contributed by atoms with Crippen molar-refractivity contribution in [3.63, 3.8) is 0 Å². The second-order valence-electron chi connectivity index (χ2n) is 13.7. The van der Waals surface area contributed by atoms with E-state index in [2.05, 4.69) is 13.2 Å². The van der Waals surface area contributed by atoms with Gasteiger partial charge in [-0.25, -0.2) is 0 Å². The molecule has 2 aromatic carbocycles. The molecule has 0 aliphatic rings. The summed E-state index contributed by atoms with van der Waals surface area (Å²) in [6, 6.07) is 0. The topological polar surface area (TPSA) is 108 Å². The van der Waals surface area contributed by atoms with Crippen LogP contribution in [0.5, 0.6) is 46.0 Å². The van der Waals surface area contributed by atoms with Gasteiger partial charge in [-0.3, -0.25) is 9.59 Å². The molecule has 0 heterocycles. The molecule has 0 saturated carbocycles. The third-order valence-electron chi connectivity index (χ3n) is 8.36. The van der Waals surface area contributed by atoms with Crippen molar-refractivity contribution in [2.45, 2.75) is 126 Å². The first-order valence-corrected chi connectivity index (χ1v) is 20.4. The Kier molecular flexibility index (Phi) is 20.6. The summed E-state index contributed by atoms with van der Waals surface area (Å²) in [6.07, 6.45) is 7.90. The molecule has 0 saturated heterocycles. The maximum absolute atomic E-state index is 13.9. The largest absolute Gasteiger partial charge is 0.489 e. The first-order chi connectivity index (χ1) is 26.6. The standard InChI is InChI=1S/C45H68O10/c1-13-23-48-37-33(31(46)21-9)38(49-24-14-2)42(53-28-18-6)35(41(37)52-27-17-5)45(11,12)36-43(54-29-19-7)39(50-25-15-3)34(32(47)22-10)40(51-26-16-4)44(36)55-30-20-8/h21-22H,9-10,13-20,23-30H2,1-8,11-12H3. The van der Waals surface area contributed by atoms with Gasteiger partial charge in [0.15, 0.2) is 57.6 Å². The lowest BCUT2D eigenvalue weighted by Crippen LogP contribution is -2.27. The molecule has 0 unspecified atom stereocenters. The molecule has 0 amide bonds. The number of allylic oxidation sites excluding steroid dienone is 2. The van der Waals surface area contributed by atoms with Gasteiger partial charge in [-0.15, -0.1) is 0 Å². The molecule has 10 heteroatoms. The fraction of sp³-hybridized carbons (Fsp3) is 0.600. The Hall–Kier alpha value is -4.34. The molecule has 55 heavy (non-hydrogen) atoms. The number of hydrogen-bond donors (Lipinski definition) is 0. The third kappa shape index (κ3) is 11.4. The van der Waals surface area contributed by atoms with E-state index in [0.717, 1.165) is 0 Å². The van der Waals surface area contributed by atoms with Gasteiger partial charge < -0.3 is 37.9 Å². The zero-order chi connectivity index (χ0) is 41.0. The summed E-state index contributed by atoms with van der Waals surface area (Å²) in [6.45, 7) is 30.2. The van der Waals surface area contributed by atoms with Crippen molar-refractivity contribution in [1.29, 1.82) is 0 Å². The summed E-state index contributed by atoms with van der Waals surface area (Å²) in [5.74, 6) is 1.54. The van der Waals surface area contributed by atoms with Crippen LogP contribution in [0.1, 0.15) is 152 Å². The average Bonchev–Trinajstić information content (AvgIpc) is 3.19. The molecule has 0 N–H and O–H groups in total. The third-order valence-corrected chi connectivity index (χ3v) is 8.36. The summed E-state index contributed by atoms with van der Waals surface area (Å²) in [7, 11) is 0. The van der Waals surface area contributed by atoms with E-state index in [-0.39, 0.29) is 45.7 Å². The summed E-state index contributed by atoms with van der Waals surface area (Å²) in [4.78, 5) is 27.9. The van der Waals surface area contributed by atoms with Crippen molar-refractivity contribution in [2.24, 2.45) is 0 Å². The highest BCUT2D eigenvalue weighted by molar-refractivity contribution is 6.11. The van der Waals surface area contributed by atoms with Gasteiger partial charge in [-0.2, -0.15) is 0 Å². The Balaban J connectivity index is 3.60. The number of hydrogen-bond acceptors (Lipinski definition) is 10. The molecule has 0 atom stereocenters. The van der Waals surface area contributed by atoms with Crippen molar-refractivity contribution < 1.29 is 47.5 Å². The van der Waals surface area contributed by atoms with E-state index >= 15 is 0 Å². The van der Waals surface area contributed by atoms with E-state index in [0.29, 0.717) is 138 Å². The fourth-order valence-corrected chi connectivity index (χ4v) is 5.97. The van der Waals surface area contributed by atoms with Crippen LogP contribution in [0.3, 0.4) is 0 Å². The predicted molar refractivity (Wildman–Crippen MR) is 220 cm³/mol. The van der Waals surface area contributed by atoms with Crippen molar-refractivity contribution in [1.82, 2.24) is 0 Å². The maximum Gasteiger partial charge on any atom is 0.193 e. The monoisotopic (exact) mass is 768 g/mol. The molecule has 2 rings (SSSR count). The van der Waals surface area contributed by atoms with Crippen LogP contribution in [0.4, 0.5) is 0 Å². The number of carbonyl (C=O) groups is 2. The predicted octanol–water partition coefficient (Wildman–Crippen LogP) is 11.1. The van der Waals surface area contributed by atoms with E-state index < -0.39 is 5.41 Å². The highest BCUT2D eigenvalue weighted by atomic mass is 16.5. The SMILES string of the molecule is C=CC(=O)c1c(OCCC)c(OCCC)c(C(C)(C)c2c(OCCC)c(OCCC)c(C(=O)C=C)c(OCCC)c2OCCC)c(OCCC)c1OCCC. The van der Waals surface area contributed by atoms with Gasteiger partial charge in [0.1, 0.15) is 11.1 Å². The van der Waals surface area contributed by atoms with E-state index in [1.54, 1.807) is 0 Å². The van der Waals surface area contributed by atoms with Gasteiger partial charge in [-0.05, 0) is 63.5 Å². The van der Waals surface area contributed by atoms with Crippen molar-refractivity contribution in [2.75, 3.05) is 52.9 Å². The van der Waals surface area contributed by atoms with Crippen LogP contribution >= 0.6 is 0 Å². The quantitative estimate of drug-likeness (QED) is 0.0563. The summed E-state index contributed by atoms with van der Waals surface area (Å²) in [5, 5.41) is 0. The van der Waals surface area contributed by atoms with Crippen molar-refractivity contribution >= 4 is 11.6 Å². The van der Waals surface area contributed by atoms with Gasteiger partial charge >= 0.3 is 0 Å². The van der Waals surface area contributed by atoms with E-state index in [4.69, 9.17) is 37.9 Å². The van der Waals surface area contributed by atoms with Gasteiger partial charge in [-0.1, -0.05) is 82.4 Å². The Morgan fingerprint density at radius 2 is 0.582 bits per heavy atom. The minimum absolute atomic E-state index is 0.185. The lowest BCUT2D eigenvalue weighted by atomic mass is 9.74. The molecule has 0 radical (unpaired) electrons. The van der Waals surface area contributed by atoms with Gasteiger partial charge in [0.05, 0.1) is 64.0 Å². The zero-order valence-corrected chi connectivity index (χ0v) is 35.5. The minimum Gasteiger partial charge on any atom is -0.489 e. The summed E-state index contributed by atoms with van der Waals surface area (Å²) < 4.78 is 52.8. The lowest BCUT2D eigenvalue weighted by Gasteiger charge is -2.36. The van der Waals surface area contributed by atoms with Crippen LogP contribution < -0.4 is 37.9 Å². The molecular weight excluding hydrogens is 700 g/mol. The second-order valence-corrected chi connectivity index (χ2v) is 13.7. The molecule has 0 aliphatic carbocycles. The Morgan fingerprint density at radius 3 is 0.745 bits per heavy atom. The highest BCUT2D eigenvalue weighted by Gasteiger charge is 2.45. The van der Waals surface area contributed by atoms with E-state index in [9.17, 15) is 9.59 Å². The number of ketones is 2. The molecule has 0 bridgehead atoms. The van der Waals surface area contributed by atoms with Crippen molar-refractivity contribution in [3.8, 4) is 46.0 Å². The summed E-state index contributed by atoms with van der Waals surface area (Å²) in [5.41, 5.74) is 0.336. The molecular formula is C45H68O10. The molecule has 0 fully saturated rings. The Labute approximate surface area is 330 Å². The number of benzene rings is 2. The molecule has 2 aromatic rings. The second kappa shape index (κ2) is 24.2. The van der Waals surface area contributed by atoms with Gasteiger partial charge in [0, 0.05) is 5.41 Å². The van der Waals surface area contributed by atoms with Crippen molar-refractivity contribution in [3.05, 3.63) is 47.6 Å². The highest BCUT2D eigenvalue weighted by Crippen LogP contribution is 2.61. The van der Waals surface area contributed by atoms with Crippen LogP contribution in [0.15, 0.2) is 25.3 Å². The van der Waals surface area contributed by atoms with Gasteiger partial charge in [0.25, 0.3) is 0 Å². The smallest absolute Gasteiger partial charge is 0.193 e. The zero-order valence-electron chi connectivity index (χ0n) is 35.5. The molecule has 0 aromatic heterocycles. The van der Waals surface area contributed by atoms with Gasteiger partial charge in [0.2, 0.25) is 0 Å².